The maximum atomic E-state index is 12.3. The van der Waals surface area contributed by atoms with Crippen LogP contribution in [-0.2, 0) is 10.4 Å². The first kappa shape index (κ1) is 44.8. The fourth-order valence-electron chi connectivity index (χ4n) is 6.54. The van der Waals surface area contributed by atoms with Crippen LogP contribution in [0.15, 0.2) is 162 Å². The van der Waals surface area contributed by atoms with Crippen molar-refractivity contribution in [2.24, 2.45) is 0 Å². The van der Waals surface area contributed by atoms with E-state index in [1.807, 2.05) is 101 Å². The Balaban J connectivity index is 0.000000184. The van der Waals surface area contributed by atoms with Crippen molar-refractivity contribution >= 4 is 139 Å². The van der Waals surface area contributed by atoms with Crippen molar-refractivity contribution in [1.29, 1.82) is 0 Å². The quantitative estimate of drug-likeness (QED) is 0.0580. The summed E-state index contributed by atoms with van der Waals surface area (Å²) >= 11 is 16.7. The van der Waals surface area contributed by atoms with Crippen LogP contribution < -0.4 is 4.74 Å². The molecule has 0 aliphatic carbocycles. The summed E-state index contributed by atoms with van der Waals surface area (Å²) in [5, 5.41) is 11.3. The number of halogens is 4. The van der Waals surface area contributed by atoms with Crippen LogP contribution in [0, 0.1) is 0 Å². The van der Waals surface area contributed by atoms with Gasteiger partial charge in [-0.05, 0) is 90.2 Å². The summed E-state index contributed by atoms with van der Waals surface area (Å²) in [6, 6.07) is 49.7. The molecule has 0 fully saturated rings. The number of fused-ring (bicyclic) bond motifs is 9. The van der Waals surface area contributed by atoms with Gasteiger partial charge in [0.15, 0.2) is 12.4 Å². The molecule has 0 amide bonds. The molecule has 0 radical (unpaired) electrons. The van der Waals surface area contributed by atoms with Crippen LogP contribution in [0.3, 0.4) is 0 Å². The van der Waals surface area contributed by atoms with Gasteiger partial charge >= 0.3 is 10.4 Å². The minimum absolute atomic E-state index is 0.0000794. The van der Waals surface area contributed by atoms with E-state index < -0.39 is 10.4 Å². The fraction of sp³-hybridized carbons (Fsp3) is 0.0652. The topological polar surface area (TPSA) is 114 Å². The second kappa shape index (κ2) is 21.1. The highest BCUT2D eigenvalue weighted by Gasteiger charge is 2.16. The molecule has 0 saturated carbocycles. The van der Waals surface area contributed by atoms with Gasteiger partial charge in [0.1, 0.15) is 11.3 Å². The molecular formula is C46H36Cl2I2O7S. The zero-order valence-electron chi connectivity index (χ0n) is 31.1. The van der Waals surface area contributed by atoms with Crippen LogP contribution >= 0.6 is 68.4 Å². The Labute approximate surface area is 373 Å². The minimum atomic E-state index is -4.67. The van der Waals surface area contributed by atoms with Gasteiger partial charge < -0.3 is 9.15 Å². The summed E-state index contributed by atoms with van der Waals surface area (Å²) in [6.45, 7) is 0.0000794. The van der Waals surface area contributed by atoms with Crippen LogP contribution in [0.1, 0.15) is 10.4 Å². The molecular weight excluding hydrogens is 1020 g/mol. The first-order chi connectivity index (χ1) is 28.0. The lowest BCUT2D eigenvalue weighted by molar-refractivity contribution is 0.0922. The maximum Gasteiger partial charge on any atom is 0.394 e. The lowest BCUT2D eigenvalue weighted by Crippen LogP contribution is -2.11. The molecule has 58 heavy (non-hydrogen) atoms. The number of alkyl halides is 2. The zero-order chi connectivity index (χ0) is 41.8. The van der Waals surface area contributed by atoms with Crippen LogP contribution in [0.25, 0.3) is 65.2 Å². The van der Waals surface area contributed by atoms with E-state index in [4.69, 9.17) is 49.9 Å². The third-order valence-electron chi connectivity index (χ3n) is 8.83. The van der Waals surface area contributed by atoms with E-state index >= 15 is 0 Å². The summed E-state index contributed by atoms with van der Waals surface area (Å²) in [5.41, 5.74) is 3.85. The van der Waals surface area contributed by atoms with Crippen molar-refractivity contribution in [3.8, 4) is 16.9 Å². The van der Waals surface area contributed by atoms with Crippen molar-refractivity contribution in [1.82, 2.24) is 0 Å². The van der Waals surface area contributed by atoms with E-state index in [2.05, 4.69) is 99.8 Å². The number of benzene rings is 8. The van der Waals surface area contributed by atoms with Gasteiger partial charge in [0.25, 0.3) is 0 Å². The monoisotopic (exact) mass is 1060 g/mol. The third kappa shape index (κ3) is 11.1. The van der Waals surface area contributed by atoms with E-state index in [-0.39, 0.29) is 12.4 Å². The number of ether oxygens (including phenoxy) is 1. The molecule has 9 aromatic rings. The highest BCUT2D eigenvalue weighted by atomic mass is 127. The third-order valence-corrected chi connectivity index (χ3v) is 9.30. The largest absolute Gasteiger partial charge is 0.485 e. The van der Waals surface area contributed by atoms with Gasteiger partial charge in [0.2, 0.25) is 0 Å². The Morgan fingerprint density at radius 1 is 0.603 bits per heavy atom. The summed E-state index contributed by atoms with van der Waals surface area (Å²) in [6.07, 6.45) is 1.86. The highest BCUT2D eigenvalue weighted by molar-refractivity contribution is 14.1. The Morgan fingerprint density at radius 3 is 1.72 bits per heavy atom. The maximum absolute atomic E-state index is 12.3. The van der Waals surface area contributed by atoms with E-state index in [0.29, 0.717) is 16.3 Å². The van der Waals surface area contributed by atoms with Crippen molar-refractivity contribution in [3.63, 3.8) is 0 Å². The summed E-state index contributed by atoms with van der Waals surface area (Å²) < 4.78 is 43.5. The second-order valence-corrected chi connectivity index (χ2v) is 14.0. The normalized spacial score (nSPS) is 10.7. The molecule has 0 bridgehead atoms. The van der Waals surface area contributed by atoms with Gasteiger partial charge in [-0.1, -0.05) is 178 Å². The number of rotatable bonds is 5. The number of ketones is 1. The summed E-state index contributed by atoms with van der Waals surface area (Å²) in [5.74, 6) is 0.644. The SMILES string of the molecule is CI.CI.Clc1ccc2c(c1)c1ccccc1c1c(-c3ccccc3)coc21.O=C(COc1cc2ccccc2c2cc(Cl)ccc12)c1ccccc1.O=S(=O)(O)O. The predicted octanol–water partition coefficient (Wildman–Crippen LogP) is 14.4. The first-order valence-electron chi connectivity index (χ1n) is 17.4. The van der Waals surface area contributed by atoms with Gasteiger partial charge in [-0.25, -0.2) is 0 Å². The molecule has 0 unspecified atom stereocenters. The molecule has 1 aromatic heterocycles. The van der Waals surface area contributed by atoms with Crippen molar-refractivity contribution in [2.45, 2.75) is 0 Å². The highest BCUT2D eigenvalue weighted by Crippen LogP contribution is 2.42. The average molecular weight is 1060 g/mol. The molecule has 0 aliphatic rings. The number of hydrogen-bond donors (Lipinski definition) is 2. The molecule has 2 N–H and O–H groups in total. The zero-order valence-corrected chi connectivity index (χ0v) is 37.7. The average Bonchev–Trinajstić information content (AvgIpc) is 3.70. The Morgan fingerprint density at radius 2 is 1.10 bits per heavy atom. The van der Waals surface area contributed by atoms with Crippen molar-refractivity contribution in [2.75, 3.05) is 16.5 Å². The van der Waals surface area contributed by atoms with Gasteiger partial charge in [-0.3, -0.25) is 13.9 Å². The van der Waals surface area contributed by atoms with E-state index in [1.54, 1.807) is 12.1 Å². The smallest absolute Gasteiger partial charge is 0.394 e. The van der Waals surface area contributed by atoms with Gasteiger partial charge in [-0.2, -0.15) is 8.42 Å². The van der Waals surface area contributed by atoms with Gasteiger partial charge in [-0.15, -0.1) is 0 Å². The van der Waals surface area contributed by atoms with E-state index in [9.17, 15) is 4.79 Å². The molecule has 7 nitrogen and oxygen atoms in total. The predicted molar refractivity (Wildman–Crippen MR) is 258 cm³/mol. The molecule has 0 saturated heterocycles. The van der Waals surface area contributed by atoms with Crippen molar-refractivity contribution in [3.05, 3.63) is 174 Å². The van der Waals surface area contributed by atoms with Crippen LogP contribution in [-0.4, -0.2) is 39.8 Å². The number of carbonyl (C=O) groups is 1. The number of Topliss-reactive ketones (excluding diaryl/α,β-unsaturated/α-hetero) is 1. The summed E-state index contributed by atoms with van der Waals surface area (Å²) in [4.78, 5) is 16.3. The van der Waals surface area contributed by atoms with Crippen LogP contribution in [0.5, 0.6) is 5.75 Å². The van der Waals surface area contributed by atoms with E-state index in [1.165, 1.54) is 10.8 Å². The standard InChI is InChI=1S/C22H15ClO2.C22H13ClO.2CH3I.H2O4S/c23-17-10-11-19-20(13-17)18-9-5-4-8-16(18)12-22(19)25-14-21(24)15-6-2-1-3-7-15;23-15-10-11-18-19(12-15)16-8-4-5-9-17(16)21-20(13-24-22(18)21)14-6-2-1-3-7-14;2*1-2;1-5(2,3)4/h1-13H,14H2;1-13H;2*1H3;(H2,1,2,3,4). The number of hydrogen-bond acceptors (Lipinski definition) is 5. The van der Waals surface area contributed by atoms with E-state index in [0.717, 1.165) is 59.4 Å². The molecule has 9 rings (SSSR count). The number of furan rings is 1. The lowest BCUT2D eigenvalue weighted by Gasteiger charge is -2.12. The molecule has 1 heterocycles. The Bertz CT molecular complexity index is 2920. The van der Waals surface area contributed by atoms with Gasteiger partial charge in [0.05, 0.1) is 6.26 Å². The first-order valence-corrected chi connectivity index (χ1v) is 23.9. The van der Waals surface area contributed by atoms with Crippen LogP contribution in [0.4, 0.5) is 0 Å². The lowest BCUT2D eigenvalue weighted by atomic mass is 9.95. The molecule has 8 aromatic carbocycles. The molecule has 296 valence electrons. The Kier molecular flexibility index (Phi) is 16.3. The van der Waals surface area contributed by atoms with Crippen molar-refractivity contribution < 1.29 is 31.5 Å². The second-order valence-electron chi connectivity index (χ2n) is 12.3. The summed E-state index contributed by atoms with van der Waals surface area (Å²) in [7, 11) is -4.67. The number of carbonyl (C=O) groups excluding carboxylic acids is 1. The van der Waals surface area contributed by atoms with Crippen LogP contribution in [0.2, 0.25) is 10.0 Å². The molecule has 0 aliphatic heterocycles. The van der Waals surface area contributed by atoms with Gasteiger partial charge in [0, 0.05) is 37.3 Å². The fourth-order valence-corrected chi connectivity index (χ4v) is 6.88. The minimum Gasteiger partial charge on any atom is -0.485 e. The molecule has 12 heteroatoms. The molecule has 0 atom stereocenters. The Hall–Kier alpha value is -4.28. The molecule has 0 spiro atoms.